The van der Waals surface area contributed by atoms with Gasteiger partial charge in [-0.15, -0.1) is 0 Å². The predicted molar refractivity (Wildman–Crippen MR) is 108 cm³/mol. The minimum Gasteiger partial charge on any atom is -0.497 e. The van der Waals surface area contributed by atoms with Crippen LogP contribution in [0.2, 0.25) is 0 Å². The van der Waals surface area contributed by atoms with Crippen molar-refractivity contribution < 1.29 is 14.7 Å². The molecular weight excluding hydrogens is 362 g/mol. The molecule has 0 bridgehead atoms. The second kappa shape index (κ2) is 9.75. The summed E-state index contributed by atoms with van der Waals surface area (Å²) < 4.78 is 6.12. The fourth-order valence-corrected chi connectivity index (χ4v) is 2.89. The van der Waals surface area contributed by atoms with E-state index in [2.05, 4.69) is 29.4 Å². The lowest BCUT2D eigenvalue weighted by Crippen LogP contribution is -3.12. The van der Waals surface area contributed by atoms with Crippen molar-refractivity contribution in [3.8, 4) is 17.3 Å². The van der Waals surface area contributed by atoms with Crippen molar-refractivity contribution in [2.45, 2.75) is 20.8 Å². The molecule has 28 heavy (non-hydrogen) atoms. The molecule has 9 heteroatoms. The maximum atomic E-state index is 12.3. The van der Waals surface area contributed by atoms with E-state index in [-0.39, 0.29) is 11.3 Å². The van der Waals surface area contributed by atoms with Gasteiger partial charge in [-0.05, 0) is 45.0 Å². The molecule has 9 nitrogen and oxygen atoms in total. The Labute approximate surface area is 163 Å². The Hall–Kier alpha value is -3.07. The van der Waals surface area contributed by atoms with Crippen LogP contribution in [0.15, 0.2) is 39.0 Å². The Morgan fingerprint density at radius 1 is 1.25 bits per heavy atom. The van der Waals surface area contributed by atoms with Gasteiger partial charge >= 0.3 is 5.69 Å². The molecule has 0 spiro atoms. The number of benzene rings is 1. The smallest absolute Gasteiger partial charge is 0.335 e. The van der Waals surface area contributed by atoms with Crippen LogP contribution in [0.3, 0.4) is 0 Å². The molecule has 2 aromatic rings. The van der Waals surface area contributed by atoms with Crippen molar-refractivity contribution in [1.82, 2.24) is 15.0 Å². The summed E-state index contributed by atoms with van der Waals surface area (Å²) in [5, 5.41) is 14.8. The van der Waals surface area contributed by atoms with Crippen molar-refractivity contribution in [2.24, 2.45) is 5.10 Å². The summed E-state index contributed by atoms with van der Waals surface area (Å²) >= 11 is 0. The summed E-state index contributed by atoms with van der Waals surface area (Å²) in [6, 6.07) is 6.54. The fraction of sp³-hybridized carbons (Fsp3) is 0.421. The van der Waals surface area contributed by atoms with Gasteiger partial charge in [-0.3, -0.25) is 9.78 Å². The van der Waals surface area contributed by atoms with E-state index in [1.54, 1.807) is 31.2 Å². The molecule has 0 atom stereocenters. The summed E-state index contributed by atoms with van der Waals surface area (Å²) in [5.41, 5.74) is 2.13. The zero-order chi connectivity index (χ0) is 20.7. The zero-order valence-corrected chi connectivity index (χ0v) is 16.7. The number of likely N-dealkylation sites (N-methyl/N-ethyl adjacent to an activating group) is 1. The van der Waals surface area contributed by atoms with Crippen LogP contribution in [-0.2, 0) is 0 Å². The Morgan fingerprint density at radius 3 is 2.46 bits per heavy atom. The van der Waals surface area contributed by atoms with Gasteiger partial charge in [-0.1, -0.05) is 0 Å². The van der Waals surface area contributed by atoms with Gasteiger partial charge < -0.3 is 20.2 Å². The minimum atomic E-state index is -0.734. The molecule has 0 unspecified atom stereocenters. The number of aromatic hydroxyl groups is 1. The number of hydrogen-bond donors (Lipinski definition) is 4. The number of nitrogens with zero attached hydrogens (tertiary/aromatic N) is 2. The van der Waals surface area contributed by atoms with E-state index in [0.717, 1.165) is 24.2 Å². The highest BCUT2D eigenvalue weighted by Gasteiger charge is 2.18. The molecule has 0 amide bonds. The number of quaternary nitrogens is 1. The first-order valence-electron chi connectivity index (χ1n) is 9.26. The van der Waals surface area contributed by atoms with E-state index in [1.807, 2.05) is 0 Å². The largest absolute Gasteiger partial charge is 0.497 e. The van der Waals surface area contributed by atoms with Gasteiger partial charge in [0.15, 0.2) is 0 Å². The molecule has 0 fully saturated rings. The number of aromatic nitrogens is 2. The molecule has 0 aliphatic rings. The van der Waals surface area contributed by atoms with Crippen LogP contribution >= 0.6 is 0 Å². The quantitative estimate of drug-likeness (QED) is 0.261. The number of aromatic amines is 1. The van der Waals surface area contributed by atoms with Gasteiger partial charge in [0.25, 0.3) is 5.56 Å². The van der Waals surface area contributed by atoms with Crippen LogP contribution < -0.4 is 26.3 Å². The number of hydrazone groups is 1. The highest BCUT2D eigenvalue weighted by Crippen LogP contribution is 2.19. The van der Waals surface area contributed by atoms with Gasteiger partial charge in [0.2, 0.25) is 5.88 Å². The van der Waals surface area contributed by atoms with Gasteiger partial charge in [-0.2, -0.15) is 5.10 Å². The number of rotatable bonds is 9. The third-order valence-corrected chi connectivity index (χ3v) is 4.62. The lowest BCUT2D eigenvalue weighted by Gasteiger charge is -2.15. The van der Waals surface area contributed by atoms with E-state index >= 15 is 0 Å². The molecule has 1 aromatic heterocycles. The molecule has 4 N–H and O–H groups in total. The summed E-state index contributed by atoms with van der Waals surface area (Å²) in [6.45, 7) is 9.40. The molecule has 0 aliphatic heterocycles. The summed E-state index contributed by atoms with van der Waals surface area (Å²) in [5.74, 6) is 0.148. The van der Waals surface area contributed by atoms with Gasteiger partial charge in [0.05, 0.1) is 44.7 Å². The third kappa shape index (κ3) is 4.80. The molecular formula is C19H28N5O4+. The first-order chi connectivity index (χ1) is 13.4. The maximum absolute atomic E-state index is 12.3. The zero-order valence-electron chi connectivity index (χ0n) is 16.7. The number of H-pyrrole nitrogens is 1. The fourth-order valence-electron chi connectivity index (χ4n) is 2.89. The SMILES string of the molecule is CC[NH+](CC)CCN/N=C(\C)c1c(O)n(-c2ccc(OC)cc2)c(=O)[nH]c1=O. The van der Waals surface area contributed by atoms with E-state index in [1.165, 1.54) is 12.0 Å². The number of hydrogen-bond acceptors (Lipinski definition) is 6. The monoisotopic (exact) mass is 390 g/mol. The van der Waals surface area contributed by atoms with Crippen molar-refractivity contribution >= 4 is 5.71 Å². The predicted octanol–water partition coefficient (Wildman–Crippen LogP) is -0.522. The molecule has 0 aliphatic carbocycles. The topological polar surface area (TPSA) is 113 Å². The second-order valence-corrected chi connectivity index (χ2v) is 6.30. The average Bonchev–Trinajstić information content (AvgIpc) is 2.68. The van der Waals surface area contributed by atoms with E-state index in [9.17, 15) is 14.7 Å². The molecule has 0 radical (unpaired) electrons. The van der Waals surface area contributed by atoms with Crippen LogP contribution in [-0.4, -0.2) is 53.7 Å². The lowest BCUT2D eigenvalue weighted by atomic mass is 10.2. The number of ether oxygens (including phenoxy) is 1. The summed E-state index contributed by atoms with van der Waals surface area (Å²) in [4.78, 5) is 28.2. The third-order valence-electron chi connectivity index (χ3n) is 4.62. The van der Waals surface area contributed by atoms with Crippen LogP contribution in [0.1, 0.15) is 26.3 Å². The van der Waals surface area contributed by atoms with Crippen LogP contribution in [0.25, 0.3) is 5.69 Å². The van der Waals surface area contributed by atoms with Crippen molar-refractivity contribution in [2.75, 3.05) is 33.3 Å². The van der Waals surface area contributed by atoms with Crippen molar-refractivity contribution in [3.05, 3.63) is 50.7 Å². The van der Waals surface area contributed by atoms with E-state index < -0.39 is 17.1 Å². The van der Waals surface area contributed by atoms with Crippen LogP contribution in [0, 0.1) is 0 Å². The van der Waals surface area contributed by atoms with E-state index in [4.69, 9.17) is 4.74 Å². The minimum absolute atomic E-state index is 0.0573. The number of methoxy groups -OCH3 is 1. The Balaban J connectivity index is 2.33. The Morgan fingerprint density at radius 2 is 1.89 bits per heavy atom. The van der Waals surface area contributed by atoms with Gasteiger partial charge in [0, 0.05) is 0 Å². The summed E-state index contributed by atoms with van der Waals surface area (Å²) in [7, 11) is 1.53. The van der Waals surface area contributed by atoms with Gasteiger partial charge in [-0.25, -0.2) is 9.36 Å². The van der Waals surface area contributed by atoms with E-state index in [0.29, 0.717) is 18.0 Å². The molecule has 1 aromatic carbocycles. The second-order valence-electron chi connectivity index (χ2n) is 6.30. The molecule has 152 valence electrons. The number of nitrogens with one attached hydrogen (secondary N) is 3. The first kappa shape index (κ1) is 21.2. The first-order valence-corrected chi connectivity index (χ1v) is 9.26. The standard InChI is InChI=1S/C19H27N5O4/c1-5-23(6-2)12-11-20-22-13(3)16-17(25)21-19(27)24(18(16)26)14-7-9-15(28-4)10-8-14/h7-10,20,26H,5-6,11-12H2,1-4H3,(H,21,25,27)/p+1/b22-13+. The average molecular weight is 390 g/mol. The highest BCUT2D eigenvalue weighted by molar-refractivity contribution is 6.00. The van der Waals surface area contributed by atoms with Crippen molar-refractivity contribution in [1.29, 1.82) is 0 Å². The highest BCUT2D eigenvalue weighted by atomic mass is 16.5. The Kier molecular flexibility index (Phi) is 7.39. The normalized spacial score (nSPS) is 11.7. The molecule has 0 saturated carbocycles. The Bertz CT molecular complexity index is 927. The molecule has 0 saturated heterocycles. The summed E-state index contributed by atoms with van der Waals surface area (Å²) in [6.07, 6.45) is 0. The van der Waals surface area contributed by atoms with Gasteiger partial charge in [0.1, 0.15) is 11.3 Å². The van der Waals surface area contributed by atoms with Crippen LogP contribution in [0.4, 0.5) is 0 Å². The van der Waals surface area contributed by atoms with Crippen molar-refractivity contribution in [3.63, 3.8) is 0 Å². The lowest BCUT2D eigenvalue weighted by molar-refractivity contribution is -0.895. The maximum Gasteiger partial charge on any atom is 0.335 e. The molecule has 2 rings (SSSR count). The molecule has 1 heterocycles. The van der Waals surface area contributed by atoms with Crippen LogP contribution in [0.5, 0.6) is 11.6 Å².